The SMILES string of the molecule is CC(C)(C)OC(=O)N(C(=O)O)c1cnnc(-c2cc(Cl)ccc2F)c1. The molecule has 0 saturated carbocycles. The fraction of sp³-hybridized carbons (Fsp3) is 0.250. The van der Waals surface area contributed by atoms with Gasteiger partial charge in [0.1, 0.15) is 11.4 Å². The van der Waals surface area contributed by atoms with Crippen LogP contribution in [0.15, 0.2) is 30.5 Å². The molecule has 7 nitrogen and oxygen atoms in total. The van der Waals surface area contributed by atoms with Gasteiger partial charge in [0.2, 0.25) is 0 Å². The highest BCUT2D eigenvalue weighted by Crippen LogP contribution is 2.27. The number of imide groups is 1. The molecule has 2 aromatic rings. The van der Waals surface area contributed by atoms with Crippen LogP contribution < -0.4 is 4.90 Å². The second kappa shape index (κ2) is 7.02. The monoisotopic (exact) mass is 367 g/mol. The van der Waals surface area contributed by atoms with Gasteiger partial charge < -0.3 is 9.84 Å². The van der Waals surface area contributed by atoms with Crippen molar-refractivity contribution in [2.45, 2.75) is 26.4 Å². The maximum atomic E-state index is 14.0. The molecular formula is C16H15ClFN3O4. The number of benzene rings is 1. The van der Waals surface area contributed by atoms with Gasteiger partial charge in [-0.1, -0.05) is 11.6 Å². The zero-order chi connectivity index (χ0) is 18.8. The Morgan fingerprint density at radius 3 is 2.56 bits per heavy atom. The predicted molar refractivity (Wildman–Crippen MR) is 89.2 cm³/mol. The van der Waals surface area contributed by atoms with Gasteiger partial charge in [-0.05, 0) is 45.0 Å². The third-order valence-electron chi connectivity index (χ3n) is 2.87. The zero-order valence-corrected chi connectivity index (χ0v) is 14.4. The van der Waals surface area contributed by atoms with Crippen LogP contribution in [0.3, 0.4) is 0 Å². The molecule has 0 unspecified atom stereocenters. The van der Waals surface area contributed by atoms with Crippen molar-refractivity contribution >= 4 is 29.5 Å². The Labute approximate surface area is 148 Å². The Bertz CT molecular complexity index is 823. The third kappa shape index (κ3) is 4.63. The van der Waals surface area contributed by atoms with E-state index < -0.39 is 23.6 Å². The van der Waals surface area contributed by atoms with E-state index in [2.05, 4.69) is 10.2 Å². The summed E-state index contributed by atoms with van der Waals surface area (Å²) >= 11 is 5.85. The number of nitrogens with zero attached hydrogens (tertiary/aromatic N) is 3. The lowest BCUT2D eigenvalue weighted by molar-refractivity contribution is 0.0582. The lowest BCUT2D eigenvalue weighted by Gasteiger charge is -2.24. The molecule has 0 radical (unpaired) electrons. The second-order valence-electron chi connectivity index (χ2n) is 6.02. The zero-order valence-electron chi connectivity index (χ0n) is 13.7. The first kappa shape index (κ1) is 18.6. The summed E-state index contributed by atoms with van der Waals surface area (Å²) in [4.78, 5) is 24.0. The van der Waals surface area contributed by atoms with Crippen LogP contribution in [0.1, 0.15) is 20.8 Å². The summed E-state index contributed by atoms with van der Waals surface area (Å²) < 4.78 is 19.0. The highest BCUT2D eigenvalue weighted by Gasteiger charge is 2.29. The van der Waals surface area contributed by atoms with Gasteiger partial charge in [-0.2, -0.15) is 15.1 Å². The van der Waals surface area contributed by atoms with Gasteiger partial charge in [-0.15, -0.1) is 0 Å². The summed E-state index contributed by atoms with van der Waals surface area (Å²) in [6.07, 6.45) is -1.62. The molecule has 0 saturated heterocycles. The van der Waals surface area contributed by atoms with Crippen LogP contribution in [0.4, 0.5) is 19.7 Å². The van der Waals surface area contributed by atoms with Crippen molar-refractivity contribution in [2.75, 3.05) is 4.90 Å². The molecule has 0 aliphatic rings. The molecule has 0 bridgehead atoms. The summed E-state index contributed by atoms with van der Waals surface area (Å²) in [6, 6.07) is 5.04. The maximum absolute atomic E-state index is 14.0. The van der Waals surface area contributed by atoms with E-state index in [1.807, 2.05) is 0 Å². The van der Waals surface area contributed by atoms with Gasteiger partial charge in [-0.3, -0.25) is 0 Å². The average Bonchev–Trinajstić information content (AvgIpc) is 2.48. The minimum atomic E-state index is -1.57. The van der Waals surface area contributed by atoms with Crippen LogP contribution >= 0.6 is 11.6 Å². The van der Waals surface area contributed by atoms with Gasteiger partial charge in [0.05, 0.1) is 17.6 Å². The van der Waals surface area contributed by atoms with Gasteiger partial charge in [0.25, 0.3) is 0 Å². The molecule has 0 atom stereocenters. The molecule has 1 aromatic heterocycles. The molecule has 0 aliphatic heterocycles. The number of aromatic nitrogens is 2. The Kier molecular flexibility index (Phi) is 5.22. The van der Waals surface area contributed by atoms with Crippen LogP contribution in [0.25, 0.3) is 11.3 Å². The molecule has 9 heteroatoms. The summed E-state index contributed by atoms with van der Waals surface area (Å²) in [5.41, 5.74) is -0.984. The number of hydrogen-bond donors (Lipinski definition) is 1. The van der Waals surface area contributed by atoms with Crippen molar-refractivity contribution in [1.29, 1.82) is 0 Å². The van der Waals surface area contributed by atoms with E-state index in [0.29, 0.717) is 4.90 Å². The molecule has 2 rings (SSSR count). The number of halogens is 2. The fourth-order valence-electron chi connectivity index (χ4n) is 1.91. The largest absolute Gasteiger partial charge is 0.464 e. The van der Waals surface area contributed by atoms with Crippen molar-refractivity contribution in [3.63, 3.8) is 0 Å². The van der Waals surface area contributed by atoms with E-state index in [4.69, 9.17) is 16.3 Å². The average molecular weight is 368 g/mol. The summed E-state index contributed by atoms with van der Waals surface area (Å²) in [5.74, 6) is -0.616. The fourth-order valence-corrected chi connectivity index (χ4v) is 2.08. The number of hydrogen-bond acceptors (Lipinski definition) is 5. The molecule has 0 spiro atoms. The maximum Gasteiger partial charge on any atom is 0.424 e. The van der Waals surface area contributed by atoms with E-state index >= 15 is 0 Å². The van der Waals surface area contributed by atoms with Crippen molar-refractivity contribution in [3.05, 3.63) is 41.3 Å². The van der Waals surface area contributed by atoms with Gasteiger partial charge in [0.15, 0.2) is 0 Å². The lowest BCUT2D eigenvalue weighted by atomic mass is 10.1. The highest BCUT2D eigenvalue weighted by atomic mass is 35.5. The highest BCUT2D eigenvalue weighted by molar-refractivity contribution is 6.30. The number of carbonyl (C=O) groups is 2. The van der Waals surface area contributed by atoms with Gasteiger partial charge >= 0.3 is 12.2 Å². The van der Waals surface area contributed by atoms with Crippen molar-refractivity contribution in [1.82, 2.24) is 10.2 Å². The van der Waals surface area contributed by atoms with Crippen LogP contribution in [-0.4, -0.2) is 33.1 Å². The Morgan fingerprint density at radius 1 is 1.28 bits per heavy atom. The number of carboxylic acid groups (broad SMARTS) is 1. The molecule has 1 N–H and O–H groups in total. The molecule has 132 valence electrons. The van der Waals surface area contributed by atoms with E-state index in [9.17, 15) is 19.1 Å². The minimum Gasteiger partial charge on any atom is -0.464 e. The summed E-state index contributed by atoms with van der Waals surface area (Å²) in [7, 11) is 0. The van der Waals surface area contributed by atoms with Crippen LogP contribution in [0, 0.1) is 5.82 Å². The van der Waals surface area contributed by atoms with Crippen molar-refractivity contribution < 1.29 is 23.8 Å². The van der Waals surface area contributed by atoms with Crippen molar-refractivity contribution in [3.8, 4) is 11.3 Å². The number of anilines is 1. The first-order valence-corrected chi connectivity index (χ1v) is 7.50. The van der Waals surface area contributed by atoms with E-state index in [-0.39, 0.29) is 22.0 Å². The number of rotatable bonds is 2. The topological polar surface area (TPSA) is 92.6 Å². The van der Waals surface area contributed by atoms with E-state index in [0.717, 1.165) is 12.3 Å². The molecule has 1 heterocycles. The van der Waals surface area contributed by atoms with E-state index in [1.165, 1.54) is 18.2 Å². The number of amides is 2. The Hall–Kier alpha value is -2.74. The molecule has 2 amide bonds. The van der Waals surface area contributed by atoms with E-state index in [1.54, 1.807) is 20.8 Å². The Morgan fingerprint density at radius 2 is 1.96 bits per heavy atom. The normalized spacial score (nSPS) is 11.1. The first-order valence-electron chi connectivity index (χ1n) is 7.12. The van der Waals surface area contributed by atoms with Gasteiger partial charge in [-0.25, -0.2) is 14.0 Å². The molecule has 0 fully saturated rings. The first-order chi connectivity index (χ1) is 11.6. The standard InChI is InChI=1S/C16H15ClFN3O4/c1-16(2,3)25-15(24)21(14(22)23)10-7-13(20-19-8-10)11-6-9(17)4-5-12(11)18/h4-8H,1-3H3,(H,22,23). The molecular weight excluding hydrogens is 353 g/mol. The van der Waals surface area contributed by atoms with Crippen LogP contribution in [0.2, 0.25) is 5.02 Å². The summed E-state index contributed by atoms with van der Waals surface area (Å²) in [5, 5.41) is 17.0. The molecule has 0 aliphatic carbocycles. The number of carbonyl (C=O) groups excluding carboxylic acids is 1. The van der Waals surface area contributed by atoms with Gasteiger partial charge in [0, 0.05) is 10.6 Å². The lowest BCUT2D eigenvalue weighted by Crippen LogP contribution is -2.40. The molecule has 1 aromatic carbocycles. The quantitative estimate of drug-likeness (QED) is 0.847. The number of ether oxygens (including phenoxy) is 1. The summed E-state index contributed by atoms with van der Waals surface area (Å²) in [6.45, 7) is 4.80. The molecule has 25 heavy (non-hydrogen) atoms. The predicted octanol–water partition coefficient (Wildman–Crippen LogP) is 4.36. The smallest absolute Gasteiger partial charge is 0.424 e. The second-order valence-corrected chi connectivity index (χ2v) is 6.46. The van der Waals surface area contributed by atoms with Crippen LogP contribution in [0.5, 0.6) is 0 Å². The Balaban J connectivity index is 2.46. The minimum absolute atomic E-state index is 0.0207. The van der Waals surface area contributed by atoms with Crippen molar-refractivity contribution in [2.24, 2.45) is 0 Å². The third-order valence-corrected chi connectivity index (χ3v) is 3.11. The van der Waals surface area contributed by atoms with Crippen LogP contribution in [-0.2, 0) is 4.74 Å².